The quantitative estimate of drug-likeness (QED) is 0.590. The fraction of sp³-hybridized carbons (Fsp3) is 0.524. The maximum Gasteiger partial charge on any atom is 0.169 e. The van der Waals surface area contributed by atoms with Crippen LogP contribution >= 0.6 is 0 Å². The number of hydrogen-bond donors (Lipinski definition) is 0. The maximum absolute atomic E-state index is 6.07. The molecule has 0 bridgehead atoms. The van der Waals surface area contributed by atoms with Crippen molar-refractivity contribution in [1.29, 1.82) is 0 Å². The summed E-state index contributed by atoms with van der Waals surface area (Å²) in [6, 6.07) is 10.1. The van der Waals surface area contributed by atoms with Gasteiger partial charge in [-0.15, -0.1) is 0 Å². The van der Waals surface area contributed by atoms with Crippen molar-refractivity contribution >= 4 is 10.8 Å². The highest BCUT2D eigenvalue weighted by Crippen LogP contribution is 2.41. The number of ether oxygens (including phenoxy) is 3. The fourth-order valence-corrected chi connectivity index (χ4v) is 2.51. The second kappa shape index (κ2) is 8.81. The summed E-state index contributed by atoms with van der Waals surface area (Å²) in [6.07, 6.45) is 2.05. The molecule has 24 heavy (non-hydrogen) atoms. The van der Waals surface area contributed by atoms with Gasteiger partial charge in [0.1, 0.15) is 5.75 Å². The van der Waals surface area contributed by atoms with Gasteiger partial charge in [0.25, 0.3) is 0 Å². The van der Waals surface area contributed by atoms with Gasteiger partial charge >= 0.3 is 0 Å². The second-order valence-corrected chi connectivity index (χ2v) is 7.01. The molecule has 3 nitrogen and oxygen atoms in total. The lowest BCUT2D eigenvalue weighted by molar-refractivity contribution is 0.271. The van der Waals surface area contributed by atoms with Crippen LogP contribution in [0, 0.1) is 11.8 Å². The Balaban J connectivity index is 2.32. The first-order chi connectivity index (χ1) is 11.5. The molecule has 0 aliphatic carbocycles. The minimum Gasteiger partial charge on any atom is -0.493 e. The van der Waals surface area contributed by atoms with Crippen molar-refractivity contribution in [2.75, 3.05) is 20.3 Å². The molecule has 0 amide bonds. The van der Waals surface area contributed by atoms with E-state index in [4.69, 9.17) is 14.2 Å². The first kappa shape index (κ1) is 18.4. The van der Waals surface area contributed by atoms with Gasteiger partial charge < -0.3 is 14.2 Å². The van der Waals surface area contributed by atoms with Gasteiger partial charge in [0.05, 0.1) is 20.3 Å². The summed E-state index contributed by atoms with van der Waals surface area (Å²) in [6.45, 7) is 10.2. The Morgan fingerprint density at radius 2 is 1.38 bits per heavy atom. The van der Waals surface area contributed by atoms with E-state index in [-0.39, 0.29) is 0 Å². The first-order valence-corrected chi connectivity index (χ1v) is 8.88. The monoisotopic (exact) mass is 330 g/mol. The third kappa shape index (κ3) is 4.80. The van der Waals surface area contributed by atoms with E-state index in [0.29, 0.717) is 25.0 Å². The molecule has 0 fully saturated rings. The van der Waals surface area contributed by atoms with Crippen LogP contribution in [0.5, 0.6) is 17.2 Å². The van der Waals surface area contributed by atoms with E-state index in [1.165, 1.54) is 0 Å². The molecule has 0 unspecified atom stereocenters. The van der Waals surface area contributed by atoms with Crippen molar-refractivity contribution in [3.63, 3.8) is 0 Å². The van der Waals surface area contributed by atoms with Gasteiger partial charge in [0, 0.05) is 16.8 Å². The van der Waals surface area contributed by atoms with E-state index in [9.17, 15) is 0 Å². The van der Waals surface area contributed by atoms with Crippen molar-refractivity contribution in [2.24, 2.45) is 11.8 Å². The highest BCUT2D eigenvalue weighted by molar-refractivity contribution is 5.95. The zero-order chi connectivity index (χ0) is 17.5. The SMILES string of the molecule is COc1cc(OCCC(C)C)c2ccccc2c1OCCC(C)C. The van der Waals surface area contributed by atoms with E-state index >= 15 is 0 Å². The summed E-state index contributed by atoms with van der Waals surface area (Å²) in [5.74, 6) is 3.64. The lowest BCUT2D eigenvalue weighted by atomic mass is 10.1. The molecule has 0 radical (unpaired) electrons. The van der Waals surface area contributed by atoms with E-state index in [1.807, 2.05) is 18.2 Å². The van der Waals surface area contributed by atoms with Crippen LogP contribution in [0.15, 0.2) is 30.3 Å². The molecule has 0 atom stereocenters. The molecule has 0 heterocycles. The number of benzene rings is 2. The molecule has 2 aromatic carbocycles. The molecule has 0 saturated heterocycles. The molecule has 2 rings (SSSR count). The van der Waals surface area contributed by atoms with Gasteiger partial charge in [-0.2, -0.15) is 0 Å². The highest BCUT2D eigenvalue weighted by Gasteiger charge is 2.15. The molecule has 0 aromatic heterocycles. The third-order valence-electron chi connectivity index (χ3n) is 4.04. The smallest absolute Gasteiger partial charge is 0.169 e. The lowest BCUT2D eigenvalue weighted by Crippen LogP contribution is -2.05. The maximum atomic E-state index is 6.07. The molecule has 0 spiro atoms. The van der Waals surface area contributed by atoms with Crippen LogP contribution in [0.25, 0.3) is 10.8 Å². The number of fused-ring (bicyclic) bond motifs is 1. The van der Waals surface area contributed by atoms with Crippen LogP contribution in [-0.2, 0) is 0 Å². The Kier molecular flexibility index (Phi) is 6.77. The Hall–Kier alpha value is -1.90. The van der Waals surface area contributed by atoms with Crippen LogP contribution < -0.4 is 14.2 Å². The standard InChI is InChI=1S/C21H30O3/c1-15(2)10-12-23-19-14-20(22-5)21(24-13-11-16(3)4)18-9-7-6-8-17(18)19/h6-9,14-16H,10-13H2,1-5H3. The molecule has 132 valence electrons. The third-order valence-corrected chi connectivity index (χ3v) is 4.04. The van der Waals surface area contributed by atoms with Gasteiger partial charge in [-0.25, -0.2) is 0 Å². The van der Waals surface area contributed by atoms with Gasteiger partial charge in [0.15, 0.2) is 11.5 Å². The van der Waals surface area contributed by atoms with Gasteiger partial charge in [-0.3, -0.25) is 0 Å². The average Bonchev–Trinajstić information content (AvgIpc) is 2.55. The minimum atomic E-state index is 0.612. The van der Waals surface area contributed by atoms with E-state index in [2.05, 4.69) is 39.8 Å². The van der Waals surface area contributed by atoms with Crippen LogP contribution in [0.3, 0.4) is 0 Å². The molecular formula is C21H30O3. The topological polar surface area (TPSA) is 27.7 Å². The molecule has 3 heteroatoms. The molecule has 0 saturated carbocycles. The summed E-state index contributed by atoms with van der Waals surface area (Å²) in [7, 11) is 1.68. The second-order valence-electron chi connectivity index (χ2n) is 7.01. The first-order valence-electron chi connectivity index (χ1n) is 8.88. The van der Waals surface area contributed by atoms with E-state index in [1.54, 1.807) is 7.11 Å². The number of hydrogen-bond acceptors (Lipinski definition) is 3. The lowest BCUT2D eigenvalue weighted by Gasteiger charge is -2.18. The van der Waals surface area contributed by atoms with Gasteiger partial charge in [-0.05, 0) is 24.7 Å². The largest absolute Gasteiger partial charge is 0.493 e. The van der Waals surface area contributed by atoms with E-state index in [0.717, 1.165) is 40.9 Å². The fourth-order valence-electron chi connectivity index (χ4n) is 2.51. The van der Waals surface area contributed by atoms with Crippen LogP contribution in [-0.4, -0.2) is 20.3 Å². The zero-order valence-corrected chi connectivity index (χ0v) is 15.6. The van der Waals surface area contributed by atoms with Crippen molar-refractivity contribution < 1.29 is 14.2 Å². The molecule has 2 aromatic rings. The number of rotatable bonds is 9. The van der Waals surface area contributed by atoms with Crippen LogP contribution in [0.2, 0.25) is 0 Å². The predicted molar refractivity (Wildman–Crippen MR) is 100 cm³/mol. The number of methoxy groups -OCH3 is 1. The van der Waals surface area contributed by atoms with Crippen LogP contribution in [0.4, 0.5) is 0 Å². The summed E-state index contributed by atoms with van der Waals surface area (Å²) < 4.78 is 17.7. The normalized spacial score (nSPS) is 11.3. The Morgan fingerprint density at radius 3 is 1.96 bits per heavy atom. The highest BCUT2D eigenvalue weighted by atomic mass is 16.5. The molecule has 0 N–H and O–H groups in total. The van der Waals surface area contributed by atoms with Crippen LogP contribution in [0.1, 0.15) is 40.5 Å². The van der Waals surface area contributed by atoms with Crippen molar-refractivity contribution in [3.05, 3.63) is 30.3 Å². The van der Waals surface area contributed by atoms with Crippen molar-refractivity contribution in [1.82, 2.24) is 0 Å². The molecule has 0 aliphatic rings. The Labute approximate surface area is 145 Å². The van der Waals surface area contributed by atoms with Gasteiger partial charge in [-0.1, -0.05) is 52.0 Å². The van der Waals surface area contributed by atoms with Crippen molar-refractivity contribution in [3.8, 4) is 17.2 Å². The predicted octanol–water partition coefficient (Wildman–Crippen LogP) is 5.70. The average molecular weight is 330 g/mol. The Morgan fingerprint density at radius 1 is 0.792 bits per heavy atom. The van der Waals surface area contributed by atoms with E-state index < -0.39 is 0 Å². The summed E-state index contributed by atoms with van der Waals surface area (Å²) >= 11 is 0. The van der Waals surface area contributed by atoms with Gasteiger partial charge in [0.2, 0.25) is 0 Å². The summed E-state index contributed by atoms with van der Waals surface area (Å²) in [4.78, 5) is 0. The van der Waals surface area contributed by atoms with Crippen molar-refractivity contribution in [2.45, 2.75) is 40.5 Å². The minimum absolute atomic E-state index is 0.612. The molecular weight excluding hydrogens is 300 g/mol. The Bertz CT molecular complexity index is 647. The molecule has 0 aliphatic heterocycles. The zero-order valence-electron chi connectivity index (χ0n) is 15.6. The summed E-state index contributed by atoms with van der Waals surface area (Å²) in [5.41, 5.74) is 0. The summed E-state index contributed by atoms with van der Waals surface area (Å²) in [5, 5.41) is 2.11.